The van der Waals surface area contributed by atoms with Crippen LogP contribution in [0.25, 0.3) is 5.76 Å². The largest absolute Gasteiger partial charge is 0.507 e. The molecule has 1 unspecified atom stereocenters. The molecule has 0 radical (unpaired) electrons. The van der Waals surface area contributed by atoms with Gasteiger partial charge < -0.3 is 19.7 Å². The lowest BCUT2D eigenvalue weighted by atomic mass is 9.93. The normalized spacial score (nSPS) is 16.9. The molecule has 2 N–H and O–H groups in total. The second kappa shape index (κ2) is 9.45. The van der Waals surface area contributed by atoms with Crippen molar-refractivity contribution in [3.05, 3.63) is 98.1 Å². The van der Waals surface area contributed by atoms with Crippen LogP contribution in [0.15, 0.2) is 54.4 Å². The number of nitrogens with zero attached hydrogens (tertiary/aromatic N) is 3. The van der Waals surface area contributed by atoms with Crippen LogP contribution in [0.3, 0.4) is 0 Å². The fraction of sp³-hybridized carbons (Fsp3) is 0.200. The number of H-pyrrole nitrogens is 1. The van der Waals surface area contributed by atoms with Crippen molar-refractivity contribution >= 4 is 29.1 Å². The van der Waals surface area contributed by atoms with Crippen molar-refractivity contribution in [2.75, 3.05) is 7.11 Å². The number of aliphatic hydroxyl groups excluding tert-OH is 1. The van der Waals surface area contributed by atoms with Crippen molar-refractivity contribution in [3.63, 3.8) is 0 Å². The number of hydrogen-bond acceptors (Lipinski definition) is 8. The number of aromatic nitrogens is 2. The Morgan fingerprint density at radius 1 is 1.25 bits per heavy atom. The number of aliphatic hydroxyl groups is 1. The van der Waals surface area contributed by atoms with Crippen LogP contribution in [0.2, 0.25) is 0 Å². The lowest BCUT2D eigenvalue weighted by Gasteiger charge is -2.25. The minimum atomic E-state index is -1.12. The van der Waals surface area contributed by atoms with Gasteiger partial charge in [-0.2, -0.15) is 0 Å². The van der Waals surface area contributed by atoms with Crippen molar-refractivity contribution < 1.29 is 29.2 Å². The molecule has 184 valence electrons. The maximum absolute atomic E-state index is 13.3. The molecule has 3 heterocycles. The number of methoxy groups -OCH3 is 1. The number of carbonyl (C=O) groups excluding carboxylic acids is 3. The number of likely N-dealkylation sites (tertiary alicyclic amines) is 1. The fourth-order valence-corrected chi connectivity index (χ4v) is 4.43. The molecule has 1 atom stereocenters. The van der Waals surface area contributed by atoms with Crippen LogP contribution in [0.4, 0.5) is 5.69 Å². The monoisotopic (exact) mass is 490 g/mol. The highest BCUT2D eigenvalue weighted by atomic mass is 16.6. The van der Waals surface area contributed by atoms with Crippen molar-refractivity contribution in [2.45, 2.75) is 26.4 Å². The Balaban J connectivity index is 1.94. The minimum Gasteiger partial charge on any atom is -0.507 e. The van der Waals surface area contributed by atoms with E-state index in [1.165, 1.54) is 36.4 Å². The number of amides is 1. The minimum absolute atomic E-state index is 0.0267. The Labute approximate surface area is 205 Å². The van der Waals surface area contributed by atoms with Gasteiger partial charge in [-0.15, -0.1) is 0 Å². The van der Waals surface area contributed by atoms with Crippen molar-refractivity contribution in [2.24, 2.45) is 0 Å². The summed E-state index contributed by atoms with van der Waals surface area (Å²) >= 11 is 0. The van der Waals surface area contributed by atoms with Gasteiger partial charge in [-0.05, 0) is 36.6 Å². The fourth-order valence-electron chi connectivity index (χ4n) is 4.43. The Hall–Kier alpha value is -4.80. The summed E-state index contributed by atoms with van der Waals surface area (Å²) in [5.41, 5.74) is 1.38. The van der Waals surface area contributed by atoms with Crippen LogP contribution in [0, 0.1) is 24.0 Å². The molecule has 1 amide bonds. The Morgan fingerprint density at radius 3 is 2.64 bits per heavy atom. The number of nitro benzene ring substituents is 1. The van der Waals surface area contributed by atoms with E-state index in [9.17, 15) is 29.6 Å². The number of ether oxygens (including phenoxy) is 1. The molecular formula is C25H22N4O7. The predicted molar refractivity (Wildman–Crippen MR) is 127 cm³/mol. The van der Waals surface area contributed by atoms with Crippen LogP contribution in [-0.4, -0.2) is 49.7 Å². The number of non-ortho nitro benzene ring substituents is 1. The number of nitro groups is 1. The van der Waals surface area contributed by atoms with E-state index in [0.717, 1.165) is 0 Å². The second-order valence-electron chi connectivity index (χ2n) is 8.26. The lowest BCUT2D eigenvalue weighted by molar-refractivity contribution is -0.384. The number of pyridine rings is 1. The molecule has 1 aliphatic rings. The van der Waals surface area contributed by atoms with E-state index in [-0.39, 0.29) is 34.6 Å². The van der Waals surface area contributed by atoms with E-state index in [4.69, 9.17) is 4.74 Å². The van der Waals surface area contributed by atoms with E-state index in [1.807, 2.05) is 0 Å². The molecule has 3 aromatic rings. The number of benzene rings is 1. The summed E-state index contributed by atoms with van der Waals surface area (Å²) in [7, 11) is 1.21. The topological polar surface area (TPSA) is 156 Å². The van der Waals surface area contributed by atoms with Crippen LogP contribution in [0.1, 0.15) is 44.5 Å². The van der Waals surface area contributed by atoms with E-state index < -0.39 is 34.4 Å². The van der Waals surface area contributed by atoms with Crippen molar-refractivity contribution in [1.29, 1.82) is 0 Å². The summed E-state index contributed by atoms with van der Waals surface area (Å²) in [6, 6.07) is 7.82. The molecule has 11 heteroatoms. The third-order valence-corrected chi connectivity index (χ3v) is 6.08. The first-order valence-electron chi connectivity index (χ1n) is 10.8. The summed E-state index contributed by atoms with van der Waals surface area (Å²) in [6.45, 7) is 3.14. The first-order chi connectivity index (χ1) is 17.1. The predicted octanol–water partition coefficient (Wildman–Crippen LogP) is 3.34. The molecule has 0 bridgehead atoms. The van der Waals surface area contributed by atoms with Gasteiger partial charge in [0.2, 0.25) is 0 Å². The Morgan fingerprint density at radius 2 is 2.00 bits per heavy atom. The highest BCUT2D eigenvalue weighted by Gasteiger charge is 2.47. The average Bonchev–Trinajstić information content (AvgIpc) is 3.31. The van der Waals surface area contributed by atoms with E-state index in [2.05, 4.69) is 9.97 Å². The number of carbonyl (C=O) groups is 3. The maximum atomic E-state index is 13.3. The molecule has 1 fully saturated rings. The van der Waals surface area contributed by atoms with Crippen LogP contribution >= 0.6 is 0 Å². The van der Waals surface area contributed by atoms with Gasteiger partial charge in [0.1, 0.15) is 11.5 Å². The SMILES string of the molecule is COC(=O)c1[nH]c(C)c(C(O)=C2C(=O)C(=O)N(Cc3cccnc3)C2c2cccc([N+](=O)[O-])c2)c1C. The summed E-state index contributed by atoms with van der Waals surface area (Å²) in [4.78, 5) is 57.6. The summed E-state index contributed by atoms with van der Waals surface area (Å²) in [6.07, 6.45) is 3.10. The zero-order chi connectivity index (χ0) is 26.1. The van der Waals surface area contributed by atoms with Gasteiger partial charge >= 0.3 is 5.97 Å². The molecule has 2 aromatic heterocycles. The third kappa shape index (κ3) is 4.11. The summed E-state index contributed by atoms with van der Waals surface area (Å²) in [5.74, 6) is -3.00. The molecule has 0 aliphatic carbocycles. The number of rotatable bonds is 6. The van der Waals surface area contributed by atoms with E-state index >= 15 is 0 Å². The molecule has 1 aliphatic heterocycles. The van der Waals surface area contributed by atoms with Gasteiger partial charge in [0.25, 0.3) is 17.4 Å². The zero-order valence-electron chi connectivity index (χ0n) is 19.6. The van der Waals surface area contributed by atoms with Gasteiger partial charge in [0, 0.05) is 42.3 Å². The van der Waals surface area contributed by atoms with E-state index in [0.29, 0.717) is 16.8 Å². The lowest BCUT2D eigenvalue weighted by Crippen LogP contribution is -2.29. The van der Waals surface area contributed by atoms with Gasteiger partial charge in [-0.1, -0.05) is 18.2 Å². The highest BCUT2D eigenvalue weighted by molar-refractivity contribution is 6.46. The molecule has 1 aromatic carbocycles. The number of hydrogen-bond donors (Lipinski definition) is 2. The van der Waals surface area contributed by atoms with Gasteiger partial charge in [0.05, 0.1) is 23.6 Å². The second-order valence-corrected chi connectivity index (χ2v) is 8.26. The van der Waals surface area contributed by atoms with Crippen LogP contribution < -0.4 is 0 Å². The van der Waals surface area contributed by atoms with Gasteiger partial charge in [-0.3, -0.25) is 24.7 Å². The van der Waals surface area contributed by atoms with Crippen LogP contribution in [-0.2, 0) is 20.9 Å². The van der Waals surface area contributed by atoms with Gasteiger partial charge in [0.15, 0.2) is 0 Å². The number of Topliss-reactive ketones (excluding diaryl/α,β-unsaturated/α-hetero) is 1. The highest BCUT2D eigenvalue weighted by Crippen LogP contribution is 2.42. The Bertz CT molecular complexity index is 1430. The maximum Gasteiger partial charge on any atom is 0.354 e. The van der Waals surface area contributed by atoms with Crippen LogP contribution in [0.5, 0.6) is 0 Å². The Kier molecular flexibility index (Phi) is 6.39. The van der Waals surface area contributed by atoms with Crippen molar-refractivity contribution in [1.82, 2.24) is 14.9 Å². The first kappa shape index (κ1) is 24.3. The standard InChI is InChI=1S/C25H22N4O7/c1-13-18(14(2)27-20(13)25(33)36-3)22(30)19-21(16-7-4-8-17(10-16)29(34)35)28(24(32)23(19)31)12-15-6-5-9-26-11-15/h4-11,21,27,30H,12H2,1-3H3. The number of esters is 1. The average molecular weight is 490 g/mol. The zero-order valence-corrected chi connectivity index (χ0v) is 19.6. The van der Waals surface area contributed by atoms with E-state index in [1.54, 1.807) is 38.2 Å². The quantitative estimate of drug-likeness (QED) is 0.133. The molecule has 11 nitrogen and oxygen atoms in total. The number of aryl methyl sites for hydroxylation is 1. The first-order valence-corrected chi connectivity index (χ1v) is 10.8. The molecule has 0 saturated carbocycles. The molecule has 4 rings (SSSR count). The molecule has 1 saturated heterocycles. The molecule has 0 spiro atoms. The summed E-state index contributed by atoms with van der Waals surface area (Å²) < 4.78 is 4.77. The molecular weight excluding hydrogens is 468 g/mol. The number of nitrogens with one attached hydrogen (secondary N) is 1. The summed E-state index contributed by atoms with van der Waals surface area (Å²) in [5, 5.41) is 22.8. The number of aromatic amines is 1. The molecule has 36 heavy (non-hydrogen) atoms. The third-order valence-electron chi connectivity index (χ3n) is 6.08. The number of ketones is 1. The van der Waals surface area contributed by atoms with Crippen molar-refractivity contribution in [3.8, 4) is 0 Å². The smallest absolute Gasteiger partial charge is 0.354 e. The van der Waals surface area contributed by atoms with Gasteiger partial charge in [-0.25, -0.2) is 4.79 Å².